The van der Waals surface area contributed by atoms with E-state index in [1.165, 1.54) is 34.4 Å². The second kappa shape index (κ2) is 9.25. The van der Waals surface area contributed by atoms with Crippen LogP contribution in [0, 0.1) is 0 Å². The molecule has 0 aliphatic rings. The van der Waals surface area contributed by atoms with Crippen molar-refractivity contribution in [1.82, 2.24) is 0 Å². The van der Waals surface area contributed by atoms with Gasteiger partial charge in [-0.05, 0) is 0 Å². The van der Waals surface area contributed by atoms with Crippen molar-refractivity contribution in [2.45, 2.75) is 24.6 Å². The number of amides is 1. The first-order valence-electron chi connectivity index (χ1n) is 8.19. The monoisotopic (exact) mass is 468 g/mol. The van der Waals surface area contributed by atoms with Crippen molar-refractivity contribution in [1.29, 1.82) is 0 Å². The van der Waals surface area contributed by atoms with E-state index in [1.807, 2.05) is 12.1 Å². The van der Waals surface area contributed by atoms with Gasteiger partial charge in [0.2, 0.25) is 0 Å². The summed E-state index contributed by atoms with van der Waals surface area (Å²) in [4.78, 5) is 34.8. The molecule has 0 saturated heterocycles. The summed E-state index contributed by atoms with van der Waals surface area (Å²) in [5.74, 6) is -2.42. The van der Waals surface area contributed by atoms with Gasteiger partial charge in [-0.25, -0.2) is 0 Å². The second-order valence-electron chi connectivity index (χ2n) is 6.42. The number of aliphatic carboxylic acids is 1. The molecule has 5 N–H and O–H groups in total. The Bertz CT molecular complexity index is 886. The van der Waals surface area contributed by atoms with E-state index in [4.69, 9.17) is 15.9 Å². The molecule has 0 bridgehead atoms. The van der Waals surface area contributed by atoms with E-state index in [1.54, 1.807) is 26.0 Å². The van der Waals surface area contributed by atoms with Gasteiger partial charge < -0.3 is 0 Å². The molecule has 28 heavy (non-hydrogen) atoms. The minimum absolute atomic E-state index is 0.134. The molecule has 2 aromatic rings. The van der Waals surface area contributed by atoms with Crippen LogP contribution in [0.3, 0.4) is 0 Å². The van der Waals surface area contributed by atoms with Gasteiger partial charge in [-0.2, -0.15) is 0 Å². The number of nitrogens with one attached hydrogen (secondary N) is 1. The number of anilines is 1. The number of carboxylic acid groups (broad SMARTS) is 2. The average Bonchev–Trinajstić information content (AvgIpc) is 2.66. The SMILES string of the molecule is CC(C)(S[Se]c1ccccc1C(=O)Nc1ccc(C(=O)O)cc1)[C@@H](N)C(=O)O. The molecule has 7 nitrogen and oxygen atoms in total. The number of hydrogen-bond donors (Lipinski definition) is 4. The molecule has 2 aromatic carbocycles. The van der Waals surface area contributed by atoms with Crippen molar-refractivity contribution in [3.63, 3.8) is 0 Å². The first-order chi connectivity index (χ1) is 13.1. The van der Waals surface area contributed by atoms with Crippen LogP contribution in [0.4, 0.5) is 5.69 Å². The summed E-state index contributed by atoms with van der Waals surface area (Å²) in [6.07, 6.45) is 0. The number of nitrogens with two attached hydrogens (primary N) is 1. The van der Waals surface area contributed by atoms with E-state index >= 15 is 0 Å². The molecule has 1 atom stereocenters. The van der Waals surface area contributed by atoms with Gasteiger partial charge in [0.05, 0.1) is 0 Å². The van der Waals surface area contributed by atoms with Gasteiger partial charge >= 0.3 is 172 Å². The molecular weight excluding hydrogens is 447 g/mol. The Morgan fingerprint density at radius 3 is 2.25 bits per heavy atom. The third-order valence-electron chi connectivity index (χ3n) is 3.88. The van der Waals surface area contributed by atoms with Crippen molar-refractivity contribution in [2.24, 2.45) is 5.73 Å². The Balaban J connectivity index is 2.13. The molecule has 0 aromatic heterocycles. The number of aromatic carboxylic acids is 1. The summed E-state index contributed by atoms with van der Waals surface area (Å²) in [6, 6.07) is 12.0. The van der Waals surface area contributed by atoms with Crippen LogP contribution in [0.5, 0.6) is 0 Å². The van der Waals surface area contributed by atoms with Crippen molar-refractivity contribution < 1.29 is 24.6 Å². The molecule has 0 fully saturated rings. The van der Waals surface area contributed by atoms with Gasteiger partial charge in [0.25, 0.3) is 0 Å². The molecule has 0 unspecified atom stereocenters. The van der Waals surface area contributed by atoms with Gasteiger partial charge in [-0.1, -0.05) is 0 Å². The molecule has 0 radical (unpaired) electrons. The summed E-state index contributed by atoms with van der Waals surface area (Å²) in [5, 5.41) is 20.8. The summed E-state index contributed by atoms with van der Waals surface area (Å²) in [7, 11) is 1.42. The average molecular weight is 467 g/mol. The molecule has 0 saturated carbocycles. The van der Waals surface area contributed by atoms with Crippen molar-refractivity contribution in [3.05, 3.63) is 59.7 Å². The molecule has 0 spiro atoms. The third-order valence-corrected chi connectivity index (χ3v) is 9.93. The normalized spacial score (nSPS) is 12.2. The van der Waals surface area contributed by atoms with E-state index in [-0.39, 0.29) is 25.3 Å². The number of benzene rings is 2. The Morgan fingerprint density at radius 1 is 1.07 bits per heavy atom. The minimum atomic E-state index is -1.07. The molecule has 9 heteroatoms. The van der Waals surface area contributed by atoms with Crippen LogP contribution < -0.4 is 15.5 Å². The number of carboxylic acids is 2. The zero-order valence-electron chi connectivity index (χ0n) is 15.2. The zero-order chi connectivity index (χ0) is 20.9. The fourth-order valence-corrected chi connectivity index (χ4v) is 6.76. The van der Waals surface area contributed by atoms with E-state index in [9.17, 15) is 14.4 Å². The van der Waals surface area contributed by atoms with Gasteiger partial charge in [0, 0.05) is 0 Å². The molecular formula is C19H20N2O5SSe. The number of hydrogen-bond acceptors (Lipinski definition) is 5. The van der Waals surface area contributed by atoms with Crippen LogP contribution in [0.25, 0.3) is 0 Å². The molecule has 148 valence electrons. The van der Waals surface area contributed by atoms with E-state index in [0.29, 0.717) is 11.3 Å². The summed E-state index contributed by atoms with van der Waals surface area (Å²) >= 11 is -0.238. The Labute approximate surface area is 171 Å². The standard InChI is InChI=1S/C19H20N2O5SSe/c1-19(2,15(20)18(25)26)27-28-14-6-4-3-5-13(14)16(22)21-12-9-7-11(8-10-12)17(23)24/h3-10,15H,20H2,1-2H3,(H,21,22)(H,23,24)(H,25,26)/t15-/m0/s1. The van der Waals surface area contributed by atoms with Gasteiger partial charge in [0.1, 0.15) is 0 Å². The fraction of sp³-hybridized carbons (Fsp3) is 0.211. The molecule has 0 heterocycles. The predicted octanol–water partition coefficient (Wildman–Crippen LogP) is 1.81. The fourth-order valence-electron chi connectivity index (χ4n) is 2.12. The zero-order valence-corrected chi connectivity index (χ0v) is 17.7. The van der Waals surface area contributed by atoms with Gasteiger partial charge in [-0.3, -0.25) is 0 Å². The Hall–Kier alpha value is -2.32. The molecule has 0 aliphatic carbocycles. The van der Waals surface area contributed by atoms with Crippen molar-refractivity contribution in [2.75, 3.05) is 5.32 Å². The van der Waals surface area contributed by atoms with Crippen LogP contribution in [0.2, 0.25) is 0 Å². The first-order valence-corrected chi connectivity index (χ1v) is 11.9. The van der Waals surface area contributed by atoms with E-state index in [0.717, 1.165) is 4.46 Å². The van der Waals surface area contributed by atoms with Crippen LogP contribution in [0.1, 0.15) is 34.6 Å². The van der Waals surface area contributed by atoms with E-state index in [2.05, 4.69) is 5.32 Å². The third kappa shape index (κ3) is 5.59. The topological polar surface area (TPSA) is 130 Å². The van der Waals surface area contributed by atoms with Crippen molar-refractivity contribution >= 4 is 52.0 Å². The van der Waals surface area contributed by atoms with Crippen LogP contribution in [-0.4, -0.2) is 52.7 Å². The summed E-state index contributed by atoms with van der Waals surface area (Å²) < 4.78 is 0.118. The van der Waals surface area contributed by atoms with Crippen LogP contribution in [-0.2, 0) is 4.79 Å². The molecule has 0 aliphatic heterocycles. The summed E-state index contributed by atoms with van der Waals surface area (Å²) in [6.45, 7) is 3.54. The molecule has 1 amide bonds. The Kier molecular flexibility index (Phi) is 7.26. The first kappa shape index (κ1) is 22.0. The van der Waals surface area contributed by atoms with Crippen LogP contribution >= 0.6 is 10.2 Å². The van der Waals surface area contributed by atoms with Crippen molar-refractivity contribution in [3.8, 4) is 0 Å². The number of carbonyl (C=O) groups excluding carboxylic acids is 1. The number of rotatable bonds is 8. The quantitative estimate of drug-likeness (QED) is 0.436. The maximum atomic E-state index is 12.7. The maximum absolute atomic E-state index is 12.7. The number of carbonyl (C=O) groups is 3. The molecule has 2 rings (SSSR count). The van der Waals surface area contributed by atoms with Gasteiger partial charge in [-0.15, -0.1) is 0 Å². The van der Waals surface area contributed by atoms with Gasteiger partial charge in [0.15, 0.2) is 0 Å². The second-order valence-corrected chi connectivity index (χ2v) is 10.8. The Morgan fingerprint density at radius 2 is 1.68 bits per heavy atom. The van der Waals surface area contributed by atoms with E-state index < -0.39 is 22.7 Å². The summed E-state index contributed by atoms with van der Waals surface area (Å²) in [5.41, 5.74) is 6.86. The predicted molar refractivity (Wildman–Crippen MR) is 110 cm³/mol. The van der Waals surface area contributed by atoms with Crippen LogP contribution in [0.15, 0.2) is 48.5 Å².